The van der Waals surface area contributed by atoms with Crippen molar-refractivity contribution in [1.82, 2.24) is 5.32 Å². The van der Waals surface area contributed by atoms with Gasteiger partial charge in [-0.05, 0) is 62.8 Å². The van der Waals surface area contributed by atoms with E-state index in [1.807, 2.05) is 70.2 Å². The molecule has 0 amide bonds. The normalized spacial score (nSPS) is 20.4. The molecule has 2 aromatic rings. The van der Waals surface area contributed by atoms with Gasteiger partial charge in [-0.3, -0.25) is 4.79 Å². The molecule has 0 fully saturated rings. The number of aryl methyl sites for hydroxylation is 1. The molecule has 1 N–H and O–H groups in total. The molecule has 2 aliphatic rings. The Labute approximate surface area is 213 Å². The highest BCUT2D eigenvalue weighted by Gasteiger charge is 2.41. The number of Topliss-reactive ketones (excluding diaryl/α,β-unsaturated/α-hetero) is 1. The zero-order chi connectivity index (χ0) is 26.0. The van der Waals surface area contributed by atoms with Gasteiger partial charge in [0.2, 0.25) is 0 Å². The molecule has 0 bridgehead atoms. The molecule has 0 saturated heterocycles. The third-order valence-electron chi connectivity index (χ3n) is 7.22. The van der Waals surface area contributed by atoms with Crippen molar-refractivity contribution in [2.24, 2.45) is 0 Å². The lowest BCUT2D eigenvalue weighted by atomic mass is 9.71. The predicted molar refractivity (Wildman–Crippen MR) is 139 cm³/mol. The number of carbonyl (C=O) groups is 2. The maximum Gasteiger partial charge on any atom is 0.337 e. The first-order chi connectivity index (χ1) is 17.3. The van der Waals surface area contributed by atoms with Crippen LogP contribution < -0.4 is 14.8 Å². The molecule has 6 heteroatoms. The molecule has 0 saturated carbocycles. The second kappa shape index (κ2) is 10.6. The largest absolute Gasteiger partial charge is 0.493 e. The Bertz CT molecular complexity index is 1220. The molecule has 36 heavy (non-hydrogen) atoms. The zero-order valence-corrected chi connectivity index (χ0v) is 21.9. The van der Waals surface area contributed by atoms with E-state index in [0.717, 1.165) is 34.5 Å². The van der Waals surface area contributed by atoms with Crippen molar-refractivity contribution in [2.45, 2.75) is 64.9 Å². The van der Waals surface area contributed by atoms with Crippen molar-refractivity contribution in [3.63, 3.8) is 0 Å². The van der Waals surface area contributed by atoms with E-state index in [1.165, 1.54) is 0 Å². The number of allylic oxidation sites excluding steroid dienone is 3. The molecule has 4 rings (SSSR count). The van der Waals surface area contributed by atoms with Crippen LogP contribution in [0.5, 0.6) is 11.5 Å². The molecule has 190 valence electrons. The van der Waals surface area contributed by atoms with E-state index < -0.39 is 5.92 Å². The Kier molecular flexibility index (Phi) is 7.53. The molecular weight excluding hydrogens is 454 g/mol. The second-order valence-corrected chi connectivity index (χ2v) is 9.67. The van der Waals surface area contributed by atoms with E-state index in [1.54, 1.807) is 14.2 Å². The molecule has 1 aliphatic heterocycles. The number of ether oxygens (including phenoxy) is 3. The molecule has 3 atom stereocenters. The van der Waals surface area contributed by atoms with Crippen LogP contribution in [-0.4, -0.2) is 32.1 Å². The number of benzene rings is 2. The summed E-state index contributed by atoms with van der Waals surface area (Å²) in [6.45, 7) is 7.78. The van der Waals surface area contributed by atoms with Crippen molar-refractivity contribution >= 4 is 11.8 Å². The average Bonchev–Trinajstić information content (AvgIpc) is 2.87. The number of hydrogen-bond acceptors (Lipinski definition) is 6. The van der Waals surface area contributed by atoms with Crippen LogP contribution in [-0.2, 0) is 14.3 Å². The van der Waals surface area contributed by atoms with Gasteiger partial charge in [0, 0.05) is 29.3 Å². The van der Waals surface area contributed by atoms with Crippen LogP contribution >= 0.6 is 0 Å². The van der Waals surface area contributed by atoms with Crippen molar-refractivity contribution in [2.75, 3.05) is 14.2 Å². The number of rotatable bonds is 7. The minimum absolute atomic E-state index is 0.0105. The number of hydrogen-bond donors (Lipinski definition) is 1. The maximum atomic E-state index is 13.8. The van der Waals surface area contributed by atoms with Crippen molar-refractivity contribution < 1.29 is 23.8 Å². The summed E-state index contributed by atoms with van der Waals surface area (Å²) in [5.74, 6) is 0.488. The van der Waals surface area contributed by atoms with Crippen LogP contribution in [0.15, 0.2) is 65.0 Å². The lowest BCUT2D eigenvalue weighted by Crippen LogP contribution is -2.36. The molecule has 0 radical (unpaired) electrons. The molecule has 2 aromatic carbocycles. The summed E-state index contributed by atoms with van der Waals surface area (Å²) >= 11 is 0. The molecule has 0 unspecified atom stereocenters. The van der Waals surface area contributed by atoms with Crippen LogP contribution in [0.4, 0.5) is 0 Å². The van der Waals surface area contributed by atoms with Gasteiger partial charge in [-0.15, -0.1) is 0 Å². The standard InChI is InChI=1S/C30H35NO5/c1-7-18(3)36-30(33)27-19(4)31-23-14-22(21-12-13-25(34-5)26(16-21)35-6)15-24(32)29(23)28(27)20-10-8-17(2)9-11-20/h8-13,16,18,22,28,31H,7,14-15H2,1-6H3/t18-,22+,28+/m1/s1. The Morgan fingerprint density at radius 1 is 1.00 bits per heavy atom. The van der Waals surface area contributed by atoms with Crippen LogP contribution in [0.2, 0.25) is 0 Å². The van der Waals surface area contributed by atoms with Gasteiger partial charge >= 0.3 is 5.97 Å². The number of dihydropyridines is 1. The highest BCUT2D eigenvalue weighted by Crippen LogP contribution is 2.46. The Morgan fingerprint density at radius 3 is 2.31 bits per heavy atom. The molecule has 0 aromatic heterocycles. The first-order valence-electron chi connectivity index (χ1n) is 12.5. The van der Waals surface area contributed by atoms with Crippen LogP contribution in [0, 0.1) is 6.92 Å². The minimum atomic E-state index is -0.461. The lowest BCUT2D eigenvalue weighted by molar-refractivity contribution is -0.144. The summed E-state index contributed by atoms with van der Waals surface area (Å²) in [6, 6.07) is 13.9. The van der Waals surface area contributed by atoms with Gasteiger partial charge in [-0.1, -0.05) is 42.8 Å². The molecular formula is C30H35NO5. The fraction of sp³-hybridized carbons (Fsp3) is 0.400. The van der Waals surface area contributed by atoms with E-state index in [-0.39, 0.29) is 23.8 Å². The molecule has 1 aliphatic carbocycles. The number of nitrogens with one attached hydrogen (secondary N) is 1. The maximum absolute atomic E-state index is 13.8. The van der Waals surface area contributed by atoms with E-state index in [2.05, 4.69) is 5.32 Å². The lowest BCUT2D eigenvalue weighted by Gasteiger charge is -2.37. The molecule has 1 heterocycles. The van der Waals surface area contributed by atoms with E-state index >= 15 is 0 Å². The predicted octanol–water partition coefficient (Wildman–Crippen LogP) is 5.72. The van der Waals surface area contributed by atoms with Gasteiger partial charge in [-0.25, -0.2) is 4.79 Å². The highest BCUT2D eigenvalue weighted by molar-refractivity contribution is 6.04. The number of carbonyl (C=O) groups excluding carboxylic acids is 2. The summed E-state index contributed by atoms with van der Waals surface area (Å²) < 4.78 is 16.6. The highest BCUT2D eigenvalue weighted by atomic mass is 16.5. The van der Waals surface area contributed by atoms with Gasteiger partial charge in [0.1, 0.15) is 0 Å². The fourth-order valence-corrected chi connectivity index (χ4v) is 5.07. The Balaban J connectivity index is 1.76. The van der Waals surface area contributed by atoms with Gasteiger partial charge < -0.3 is 19.5 Å². The number of methoxy groups -OCH3 is 2. The first kappa shape index (κ1) is 25.5. The van der Waals surface area contributed by atoms with E-state index in [0.29, 0.717) is 35.5 Å². The average molecular weight is 490 g/mol. The van der Waals surface area contributed by atoms with E-state index in [9.17, 15) is 9.59 Å². The van der Waals surface area contributed by atoms with Gasteiger partial charge in [0.15, 0.2) is 17.3 Å². The molecule has 0 spiro atoms. The third kappa shape index (κ3) is 4.90. The summed E-state index contributed by atoms with van der Waals surface area (Å²) in [4.78, 5) is 27.1. The van der Waals surface area contributed by atoms with Crippen LogP contribution in [0.3, 0.4) is 0 Å². The summed E-state index contributed by atoms with van der Waals surface area (Å²) in [5.41, 5.74) is 5.83. The van der Waals surface area contributed by atoms with Crippen LogP contribution in [0.25, 0.3) is 0 Å². The van der Waals surface area contributed by atoms with Gasteiger partial charge in [-0.2, -0.15) is 0 Å². The third-order valence-corrected chi connectivity index (χ3v) is 7.22. The topological polar surface area (TPSA) is 73.9 Å². The monoisotopic (exact) mass is 489 g/mol. The van der Waals surface area contributed by atoms with Crippen molar-refractivity contribution in [1.29, 1.82) is 0 Å². The van der Waals surface area contributed by atoms with Gasteiger partial charge in [0.05, 0.1) is 25.9 Å². The Hall–Kier alpha value is -3.54. The summed E-state index contributed by atoms with van der Waals surface area (Å²) in [7, 11) is 3.21. The number of esters is 1. The Morgan fingerprint density at radius 2 is 1.67 bits per heavy atom. The van der Waals surface area contributed by atoms with Crippen molar-refractivity contribution in [3.05, 3.63) is 81.7 Å². The van der Waals surface area contributed by atoms with E-state index in [4.69, 9.17) is 14.2 Å². The van der Waals surface area contributed by atoms with Crippen LogP contribution in [0.1, 0.15) is 68.6 Å². The summed E-state index contributed by atoms with van der Waals surface area (Å²) in [6.07, 6.45) is 1.53. The number of ketones is 1. The van der Waals surface area contributed by atoms with Crippen molar-refractivity contribution in [3.8, 4) is 11.5 Å². The minimum Gasteiger partial charge on any atom is -0.493 e. The SMILES string of the molecule is CC[C@@H](C)OC(=O)C1=C(C)NC2=C(C(=O)C[C@@H](c3ccc(OC)c(OC)c3)C2)[C@H]1c1ccc(C)cc1. The first-order valence-corrected chi connectivity index (χ1v) is 12.5. The zero-order valence-electron chi connectivity index (χ0n) is 21.9. The fourth-order valence-electron chi connectivity index (χ4n) is 5.07. The quantitative estimate of drug-likeness (QED) is 0.502. The van der Waals surface area contributed by atoms with Gasteiger partial charge in [0.25, 0.3) is 0 Å². The molecule has 6 nitrogen and oxygen atoms in total. The second-order valence-electron chi connectivity index (χ2n) is 9.67. The smallest absolute Gasteiger partial charge is 0.337 e. The summed E-state index contributed by atoms with van der Waals surface area (Å²) in [5, 5.41) is 3.41.